The van der Waals surface area contributed by atoms with Crippen LogP contribution in [0.5, 0.6) is 0 Å². The van der Waals surface area contributed by atoms with E-state index in [1.807, 2.05) is 10.7 Å². The number of nitrogens with zero attached hydrogens (tertiary/aromatic N) is 2. The first kappa shape index (κ1) is 15.4. The molecule has 3 nitrogen and oxygen atoms in total. The Morgan fingerprint density at radius 3 is 2.67 bits per heavy atom. The van der Waals surface area contributed by atoms with E-state index in [0.717, 1.165) is 36.4 Å². The van der Waals surface area contributed by atoms with Gasteiger partial charge in [-0.2, -0.15) is 18.3 Å². The van der Waals surface area contributed by atoms with E-state index in [1.54, 1.807) is 13.1 Å². The number of nitrogens with one attached hydrogen (secondary N) is 1. The lowest BCUT2D eigenvalue weighted by Crippen LogP contribution is -2.11. The van der Waals surface area contributed by atoms with Crippen LogP contribution in [-0.4, -0.2) is 9.78 Å². The number of hydrogen-bond acceptors (Lipinski definition) is 2. The predicted octanol–water partition coefficient (Wildman–Crippen LogP) is 4.23. The highest BCUT2D eigenvalue weighted by Gasteiger charge is 2.30. The maximum Gasteiger partial charge on any atom is 0.416 e. The van der Waals surface area contributed by atoms with Crippen LogP contribution in [0.4, 0.5) is 18.9 Å². The van der Waals surface area contributed by atoms with Gasteiger partial charge in [-0.1, -0.05) is 13.0 Å². The Morgan fingerprint density at radius 2 is 2.00 bits per heavy atom. The zero-order valence-electron chi connectivity index (χ0n) is 12.0. The molecule has 0 amide bonds. The maximum absolute atomic E-state index is 12.7. The molecule has 0 unspecified atom stereocenters. The van der Waals surface area contributed by atoms with E-state index in [1.165, 1.54) is 6.07 Å². The third-order valence-electron chi connectivity index (χ3n) is 3.26. The average molecular weight is 297 g/mol. The number of anilines is 1. The predicted molar refractivity (Wildman–Crippen MR) is 76.0 cm³/mol. The van der Waals surface area contributed by atoms with Gasteiger partial charge in [0.25, 0.3) is 0 Å². The molecule has 0 aliphatic rings. The van der Waals surface area contributed by atoms with Crippen LogP contribution in [0.15, 0.2) is 30.5 Å². The number of halogens is 3. The number of aryl methyl sites for hydroxylation is 2. The minimum absolute atomic E-state index is 0.447. The summed E-state index contributed by atoms with van der Waals surface area (Å²) in [5.41, 5.74) is 1.59. The Balaban J connectivity index is 2.14. The minimum atomic E-state index is -4.33. The molecule has 1 aromatic heterocycles. The zero-order chi connectivity index (χ0) is 15.5. The van der Waals surface area contributed by atoms with Crippen LogP contribution in [0.3, 0.4) is 0 Å². The first-order valence-electron chi connectivity index (χ1n) is 6.84. The molecule has 114 valence electrons. The summed E-state index contributed by atoms with van der Waals surface area (Å²) in [6.45, 7) is 5.08. The van der Waals surface area contributed by atoms with Crippen molar-refractivity contribution in [3.8, 4) is 0 Å². The lowest BCUT2D eigenvalue weighted by Gasteiger charge is -2.14. The molecule has 0 aliphatic heterocycles. The molecule has 1 heterocycles. The molecule has 0 spiro atoms. The Morgan fingerprint density at radius 1 is 1.24 bits per heavy atom. The molecule has 0 atom stereocenters. The largest absolute Gasteiger partial charge is 0.416 e. The Labute approximate surface area is 121 Å². The van der Waals surface area contributed by atoms with Gasteiger partial charge in [0.2, 0.25) is 0 Å². The number of alkyl halides is 3. The average Bonchev–Trinajstić information content (AvgIpc) is 2.84. The van der Waals surface area contributed by atoms with E-state index in [-0.39, 0.29) is 0 Å². The number of benzene rings is 1. The van der Waals surface area contributed by atoms with Crippen LogP contribution in [0.2, 0.25) is 0 Å². The summed E-state index contributed by atoms with van der Waals surface area (Å²) in [6, 6.07) is 5.60. The van der Waals surface area contributed by atoms with Crippen molar-refractivity contribution < 1.29 is 13.2 Å². The number of aromatic nitrogens is 2. The molecule has 21 heavy (non-hydrogen) atoms. The fourth-order valence-corrected chi connectivity index (χ4v) is 2.10. The van der Waals surface area contributed by atoms with E-state index < -0.39 is 11.7 Å². The molecule has 1 aromatic carbocycles. The topological polar surface area (TPSA) is 29.9 Å². The van der Waals surface area contributed by atoms with Crippen LogP contribution in [-0.2, 0) is 19.3 Å². The minimum Gasteiger partial charge on any atom is -0.379 e. The van der Waals surface area contributed by atoms with Crippen molar-refractivity contribution in [2.45, 2.75) is 39.5 Å². The number of hydrogen-bond donors (Lipinski definition) is 1. The van der Waals surface area contributed by atoms with Crippen molar-refractivity contribution >= 4 is 5.69 Å². The molecule has 0 saturated carbocycles. The van der Waals surface area contributed by atoms with Crippen LogP contribution in [0.25, 0.3) is 0 Å². The van der Waals surface area contributed by atoms with Gasteiger partial charge in [-0.15, -0.1) is 0 Å². The van der Waals surface area contributed by atoms with E-state index >= 15 is 0 Å². The van der Waals surface area contributed by atoms with Gasteiger partial charge in [-0.05, 0) is 37.1 Å². The molecular weight excluding hydrogens is 279 g/mol. The van der Waals surface area contributed by atoms with E-state index in [4.69, 9.17) is 0 Å². The zero-order valence-corrected chi connectivity index (χ0v) is 12.0. The van der Waals surface area contributed by atoms with Crippen molar-refractivity contribution in [3.63, 3.8) is 0 Å². The summed E-state index contributed by atoms with van der Waals surface area (Å²) in [5, 5.41) is 7.26. The monoisotopic (exact) mass is 297 g/mol. The standard InChI is InChI=1S/C15H18F3N3/c1-3-8-21-13(6-7-20-21)10-19-14-9-12(15(16,17)18)5-4-11(14)2/h4-7,9,19H,3,8,10H2,1-2H3. The van der Waals surface area contributed by atoms with Crippen LogP contribution in [0.1, 0.15) is 30.2 Å². The molecule has 0 bridgehead atoms. The molecule has 0 saturated heterocycles. The van der Waals surface area contributed by atoms with Gasteiger partial charge in [-0.3, -0.25) is 4.68 Å². The third-order valence-corrected chi connectivity index (χ3v) is 3.26. The molecule has 6 heteroatoms. The van der Waals surface area contributed by atoms with Crippen molar-refractivity contribution in [1.82, 2.24) is 9.78 Å². The Hall–Kier alpha value is -1.98. The second-order valence-electron chi connectivity index (χ2n) is 4.93. The van der Waals surface area contributed by atoms with Gasteiger partial charge in [0, 0.05) is 18.4 Å². The van der Waals surface area contributed by atoms with Gasteiger partial charge in [0.05, 0.1) is 17.8 Å². The second-order valence-corrected chi connectivity index (χ2v) is 4.93. The summed E-state index contributed by atoms with van der Waals surface area (Å²) in [5.74, 6) is 0. The summed E-state index contributed by atoms with van der Waals surface area (Å²) in [6.07, 6.45) is -1.67. The SMILES string of the molecule is CCCn1nccc1CNc1cc(C(F)(F)F)ccc1C. The second kappa shape index (κ2) is 6.20. The highest BCUT2D eigenvalue weighted by atomic mass is 19.4. The highest BCUT2D eigenvalue weighted by molar-refractivity contribution is 5.53. The lowest BCUT2D eigenvalue weighted by molar-refractivity contribution is -0.137. The maximum atomic E-state index is 12.7. The van der Waals surface area contributed by atoms with Crippen LogP contribution < -0.4 is 5.32 Å². The molecule has 1 N–H and O–H groups in total. The van der Waals surface area contributed by atoms with Crippen LogP contribution in [0, 0.1) is 6.92 Å². The van der Waals surface area contributed by atoms with Gasteiger partial charge in [-0.25, -0.2) is 0 Å². The van der Waals surface area contributed by atoms with Crippen LogP contribution >= 0.6 is 0 Å². The van der Waals surface area contributed by atoms with E-state index in [0.29, 0.717) is 12.2 Å². The smallest absolute Gasteiger partial charge is 0.379 e. The first-order chi connectivity index (χ1) is 9.91. The highest BCUT2D eigenvalue weighted by Crippen LogP contribution is 2.32. The van der Waals surface area contributed by atoms with Crippen molar-refractivity contribution in [1.29, 1.82) is 0 Å². The molecule has 2 rings (SSSR count). The molecule has 0 aliphatic carbocycles. The summed E-state index contributed by atoms with van der Waals surface area (Å²) in [4.78, 5) is 0. The molecule has 0 fully saturated rings. The fraction of sp³-hybridized carbons (Fsp3) is 0.400. The van der Waals surface area contributed by atoms with Crippen molar-refractivity contribution in [3.05, 3.63) is 47.3 Å². The van der Waals surface area contributed by atoms with Gasteiger partial charge in [0.1, 0.15) is 0 Å². The Bertz CT molecular complexity index is 602. The van der Waals surface area contributed by atoms with Gasteiger partial charge >= 0.3 is 6.18 Å². The van der Waals surface area contributed by atoms with Gasteiger partial charge in [0.15, 0.2) is 0 Å². The summed E-state index contributed by atoms with van der Waals surface area (Å²) >= 11 is 0. The van der Waals surface area contributed by atoms with Crippen molar-refractivity contribution in [2.24, 2.45) is 0 Å². The molecular formula is C15H18F3N3. The normalized spacial score (nSPS) is 11.7. The quantitative estimate of drug-likeness (QED) is 0.895. The Kier molecular flexibility index (Phi) is 4.55. The van der Waals surface area contributed by atoms with E-state index in [2.05, 4.69) is 17.3 Å². The first-order valence-corrected chi connectivity index (χ1v) is 6.84. The summed E-state index contributed by atoms with van der Waals surface area (Å²) in [7, 11) is 0. The molecule has 0 radical (unpaired) electrons. The summed E-state index contributed by atoms with van der Waals surface area (Å²) < 4.78 is 40.1. The third kappa shape index (κ3) is 3.77. The number of rotatable bonds is 5. The lowest BCUT2D eigenvalue weighted by atomic mass is 10.1. The molecule has 2 aromatic rings. The fourth-order valence-electron chi connectivity index (χ4n) is 2.10. The van der Waals surface area contributed by atoms with E-state index in [9.17, 15) is 13.2 Å². The van der Waals surface area contributed by atoms with Gasteiger partial charge < -0.3 is 5.32 Å². The van der Waals surface area contributed by atoms with Crippen molar-refractivity contribution in [2.75, 3.05) is 5.32 Å².